The van der Waals surface area contributed by atoms with Crippen LogP contribution in [0.5, 0.6) is 0 Å². The zero-order valence-corrected chi connectivity index (χ0v) is 11.4. The maximum atomic E-state index is 11.3. The fourth-order valence-corrected chi connectivity index (χ4v) is 2.53. The van der Waals surface area contributed by atoms with Gasteiger partial charge in [-0.25, -0.2) is 4.98 Å². The van der Waals surface area contributed by atoms with Crippen molar-refractivity contribution in [3.63, 3.8) is 0 Å². The molecule has 1 fully saturated rings. The van der Waals surface area contributed by atoms with Crippen molar-refractivity contribution in [2.75, 3.05) is 11.4 Å². The maximum Gasteiger partial charge on any atom is 0.222 e. The van der Waals surface area contributed by atoms with Gasteiger partial charge in [-0.1, -0.05) is 15.9 Å². The summed E-state index contributed by atoms with van der Waals surface area (Å²) in [7, 11) is 0. The molecule has 0 bridgehead atoms. The zero-order chi connectivity index (χ0) is 12.4. The molecule has 0 aliphatic carbocycles. The van der Waals surface area contributed by atoms with E-state index in [0.29, 0.717) is 12.6 Å². The maximum absolute atomic E-state index is 11.3. The Morgan fingerprint density at radius 1 is 1.59 bits per heavy atom. The van der Waals surface area contributed by atoms with E-state index in [-0.39, 0.29) is 11.8 Å². The minimum absolute atomic E-state index is 0.0630. The zero-order valence-electron chi connectivity index (χ0n) is 9.77. The van der Waals surface area contributed by atoms with Crippen LogP contribution in [0, 0.1) is 5.92 Å². The molecule has 0 saturated carbocycles. The number of piperidine rings is 1. The molecule has 1 amide bonds. The van der Waals surface area contributed by atoms with Crippen molar-refractivity contribution in [1.82, 2.24) is 4.98 Å². The van der Waals surface area contributed by atoms with Crippen LogP contribution in [0.15, 0.2) is 22.8 Å². The van der Waals surface area contributed by atoms with Gasteiger partial charge in [-0.15, -0.1) is 0 Å². The second-order valence-corrected chi connectivity index (χ2v) is 5.43. The number of hydrogen-bond acceptors (Lipinski definition) is 3. The molecule has 0 radical (unpaired) electrons. The first-order valence-corrected chi connectivity index (χ1v) is 6.54. The van der Waals surface area contributed by atoms with Crippen molar-refractivity contribution in [3.8, 4) is 0 Å². The smallest absolute Gasteiger partial charge is 0.222 e. The Morgan fingerprint density at radius 3 is 3.00 bits per heavy atom. The number of rotatable bonds is 2. The van der Waals surface area contributed by atoms with Gasteiger partial charge < -0.3 is 10.6 Å². The van der Waals surface area contributed by atoms with Gasteiger partial charge in [0.15, 0.2) is 0 Å². The first kappa shape index (κ1) is 12.4. The highest BCUT2D eigenvalue weighted by atomic mass is 79.9. The quantitative estimate of drug-likeness (QED) is 0.907. The number of carbonyl (C=O) groups excluding carboxylic acids is 1. The number of carbonyl (C=O) groups is 1. The number of pyridine rings is 1. The molecule has 1 aliphatic heterocycles. The molecule has 4 nitrogen and oxygen atoms in total. The highest BCUT2D eigenvalue weighted by Gasteiger charge is 2.29. The number of primary amides is 1. The normalized spacial score (nSPS) is 24.7. The Morgan fingerprint density at radius 2 is 2.35 bits per heavy atom. The Kier molecular flexibility index (Phi) is 3.66. The van der Waals surface area contributed by atoms with Gasteiger partial charge in [0, 0.05) is 23.3 Å². The molecule has 17 heavy (non-hydrogen) atoms. The first-order valence-electron chi connectivity index (χ1n) is 5.75. The Labute approximate surface area is 109 Å². The average molecular weight is 298 g/mol. The molecule has 1 saturated heterocycles. The molecule has 2 rings (SSSR count). The van der Waals surface area contributed by atoms with E-state index in [1.165, 1.54) is 0 Å². The lowest BCUT2D eigenvalue weighted by molar-refractivity contribution is -0.122. The van der Waals surface area contributed by atoms with E-state index >= 15 is 0 Å². The highest BCUT2D eigenvalue weighted by molar-refractivity contribution is 9.10. The molecule has 0 unspecified atom stereocenters. The SMILES string of the molecule is C[C@@H]1CC[C@H](C(N)=O)CN1c1cc(Br)ccn1. The van der Waals surface area contributed by atoms with Gasteiger partial charge in [0.25, 0.3) is 0 Å². The number of halogens is 1. The molecular weight excluding hydrogens is 282 g/mol. The summed E-state index contributed by atoms with van der Waals surface area (Å²) in [4.78, 5) is 17.8. The molecular formula is C12H16BrN3O. The number of amides is 1. The lowest BCUT2D eigenvalue weighted by Crippen LogP contribution is -2.46. The summed E-state index contributed by atoms with van der Waals surface area (Å²) in [5, 5.41) is 0. The second-order valence-electron chi connectivity index (χ2n) is 4.51. The molecule has 1 aromatic rings. The van der Waals surface area contributed by atoms with Gasteiger partial charge in [0.1, 0.15) is 5.82 Å². The standard InChI is InChI=1S/C12H16BrN3O/c1-8-2-3-9(12(14)17)7-16(8)11-6-10(13)4-5-15-11/h4-6,8-9H,2-3,7H2,1H3,(H2,14,17)/t8-,9+/m1/s1. The third-order valence-electron chi connectivity index (χ3n) is 3.29. The van der Waals surface area contributed by atoms with Crippen molar-refractivity contribution in [2.45, 2.75) is 25.8 Å². The third-order valence-corrected chi connectivity index (χ3v) is 3.78. The summed E-state index contributed by atoms with van der Waals surface area (Å²) in [6, 6.07) is 4.26. The first-order chi connectivity index (χ1) is 8.08. The summed E-state index contributed by atoms with van der Waals surface area (Å²) in [6.07, 6.45) is 3.61. The lowest BCUT2D eigenvalue weighted by atomic mass is 9.93. The predicted octanol–water partition coefficient (Wildman–Crippen LogP) is 1.93. The molecule has 92 valence electrons. The van der Waals surface area contributed by atoms with Crippen LogP contribution in [0.3, 0.4) is 0 Å². The van der Waals surface area contributed by atoms with Crippen LogP contribution in [0.2, 0.25) is 0 Å². The van der Waals surface area contributed by atoms with Crippen LogP contribution in [0.4, 0.5) is 5.82 Å². The van der Waals surface area contributed by atoms with E-state index in [0.717, 1.165) is 23.1 Å². The number of hydrogen-bond donors (Lipinski definition) is 1. The Hall–Kier alpha value is -1.10. The second kappa shape index (κ2) is 5.04. The van der Waals surface area contributed by atoms with Crippen LogP contribution in [0.25, 0.3) is 0 Å². The molecule has 0 spiro atoms. The molecule has 1 aromatic heterocycles. The molecule has 2 heterocycles. The van der Waals surface area contributed by atoms with E-state index in [9.17, 15) is 4.79 Å². The lowest BCUT2D eigenvalue weighted by Gasteiger charge is -2.37. The molecule has 1 aliphatic rings. The van der Waals surface area contributed by atoms with Gasteiger partial charge in [-0.05, 0) is 31.9 Å². The molecule has 0 aromatic carbocycles. The van der Waals surface area contributed by atoms with Gasteiger partial charge in [0.05, 0.1) is 5.92 Å². The predicted molar refractivity (Wildman–Crippen MR) is 70.7 cm³/mol. The van der Waals surface area contributed by atoms with Crippen molar-refractivity contribution >= 4 is 27.7 Å². The van der Waals surface area contributed by atoms with Gasteiger partial charge in [-0.3, -0.25) is 4.79 Å². The largest absolute Gasteiger partial charge is 0.369 e. The van der Waals surface area contributed by atoms with Crippen LogP contribution < -0.4 is 10.6 Å². The topological polar surface area (TPSA) is 59.2 Å². The number of anilines is 1. The summed E-state index contributed by atoms with van der Waals surface area (Å²) in [5.74, 6) is 0.627. The molecule has 5 heteroatoms. The van der Waals surface area contributed by atoms with Gasteiger partial charge >= 0.3 is 0 Å². The highest BCUT2D eigenvalue weighted by Crippen LogP contribution is 2.27. The van der Waals surface area contributed by atoms with E-state index in [1.54, 1.807) is 6.20 Å². The van der Waals surface area contributed by atoms with Crippen LogP contribution in [-0.4, -0.2) is 23.5 Å². The summed E-state index contributed by atoms with van der Waals surface area (Å²) < 4.78 is 0.996. The van der Waals surface area contributed by atoms with E-state index < -0.39 is 0 Å². The Balaban J connectivity index is 2.20. The third kappa shape index (κ3) is 2.77. The molecule has 2 N–H and O–H groups in total. The number of aromatic nitrogens is 1. The fraction of sp³-hybridized carbons (Fsp3) is 0.500. The summed E-state index contributed by atoms with van der Waals surface area (Å²) in [5.41, 5.74) is 5.39. The number of nitrogens with zero attached hydrogens (tertiary/aromatic N) is 2. The van der Waals surface area contributed by atoms with Crippen LogP contribution >= 0.6 is 15.9 Å². The van der Waals surface area contributed by atoms with Crippen LogP contribution in [-0.2, 0) is 4.79 Å². The minimum atomic E-state index is -0.211. The summed E-state index contributed by atoms with van der Waals surface area (Å²) >= 11 is 3.43. The number of nitrogens with two attached hydrogens (primary N) is 1. The Bertz CT molecular complexity index is 424. The fourth-order valence-electron chi connectivity index (χ4n) is 2.21. The van der Waals surface area contributed by atoms with Gasteiger partial charge in [0.2, 0.25) is 5.91 Å². The van der Waals surface area contributed by atoms with E-state index in [4.69, 9.17) is 5.73 Å². The van der Waals surface area contributed by atoms with Crippen molar-refractivity contribution in [1.29, 1.82) is 0 Å². The van der Waals surface area contributed by atoms with E-state index in [1.807, 2.05) is 12.1 Å². The monoisotopic (exact) mass is 297 g/mol. The molecule has 2 atom stereocenters. The van der Waals surface area contributed by atoms with Gasteiger partial charge in [-0.2, -0.15) is 0 Å². The minimum Gasteiger partial charge on any atom is -0.369 e. The average Bonchev–Trinajstić information content (AvgIpc) is 2.29. The van der Waals surface area contributed by atoms with Crippen LogP contribution in [0.1, 0.15) is 19.8 Å². The van der Waals surface area contributed by atoms with Crippen molar-refractivity contribution < 1.29 is 4.79 Å². The van der Waals surface area contributed by atoms with Crippen molar-refractivity contribution in [3.05, 3.63) is 22.8 Å². The van der Waals surface area contributed by atoms with Crippen molar-refractivity contribution in [2.24, 2.45) is 11.7 Å². The summed E-state index contributed by atoms with van der Waals surface area (Å²) in [6.45, 7) is 2.82. The van der Waals surface area contributed by atoms with E-state index in [2.05, 4.69) is 32.7 Å².